The van der Waals surface area contributed by atoms with Crippen LogP contribution in [0.4, 0.5) is 0 Å². The molecule has 108 valence electrons. The fourth-order valence-corrected chi connectivity index (χ4v) is 2.26. The smallest absolute Gasteiger partial charge is 0.176 e. The summed E-state index contributed by atoms with van der Waals surface area (Å²) in [6.45, 7) is 7.25. The van der Waals surface area contributed by atoms with Gasteiger partial charge in [0.1, 0.15) is 0 Å². The predicted octanol–water partition coefficient (Wildman–Crippen LogP) is 1.51. The second kappa shape index (κ2) is 6.56. The molecule has 0 amide bonds. The maximum absolute atomic E-state index is 4.59. The summed E-state index contributed by atoms with van der Waals surface area (Å²) in [4.78, 5) is 6.08. The topological polar surface area (TPSA) is 68.5 Å². The van der Waals surface area contributed by atoms with Crippen LogP contribution in [0.5, 0.6) is 0 Å². The van der Waals surface area contributed by atoms with Crippen LogP contribution in [0.15, 0.2) is 12.3 Å². The summed E-state index contributed by atoms with van der Waals surface area (Å²) in [7, 11) is 1.78. The average molecular weight is 274 g/mol. The van der Waals surface area contributed by atoms with Crippen molar-refractivity contribution in [1.82, 2.24) is 30.5 Å². The number of hydrogen-bond acceptors (Lipinski definition) is 5. The van der Waals surface area contributed by atoms with Crippen molar-refractivity contribution in [3.8, 4) is 0 Å². The minimum absolute atomic E-state index is 0.125. The third-order valence-electron chi connectivity index (χ3n) is 3.16. The van der Waals surface area contributed by atoms with E-state index < -0.39 is 0 Å². The third kappa shape index (κ3) is 3.60. The van der Waals surface area contributed by atoms with Crippen molar-refractivity contribution in [3.63, 3.8) is 0 Å². The van der Waals surface area contributed by atoms with Crippen molar-refractivity contribution >= 4 is 0 Å². The normalized spacial score (nSPS) is 12.6. The van der Waals surface area contributed by atoms with E-state index in [2.05, 4.69) is 52.5 Å². The maximum Gasteiger partial charge on any atom is 0.176 e. The van der Waals surface area contributed by atoms with Gasteiger partial charge < -0.3 is 5.32 Å². The molecule has 6 heteroatoms. The van der Waals surface area contributed by atoms with E-state index in [1.807, 2.05) is 6.20 Å². The van der Waals surface area contributed by atoms with Crippen molar-refractivity contribution < 1.29 is 0 Å². The number of aryl methyl sites for hydroxylation is 3. The van der Waals surface area contributed by atoms with Crippen LogP contribution in [0.2, 0.25) is 0 Å². The first kappa shape index (κ1) is 14.6. The van der Waals surface area contributed by atoms with Gasteiger partial charge in [0.25, 0.3) is 0 Å². The predicted molar refractivity (Wildman–Crippen MR) is 77.2 cm³/mol. The maximum atomic E-state index is 4.59. The number of rotatable bonds is 6. The number of pyridine rings is 1. The molecule has 0 radical (unpaired) electrons. The van der Waals surface area contributed by atoms with Gasteiger partial charge in [-0.1, -0.05) is 13.0 Å². The molecule has 0 aromatic carbocycles. The molecule has 20 heavy (non-hydrogen) atoms. The lowest BCUT2D eigenvalue weighted by Gasteiger charge is -2.18. The van der Waals surface area contributed by atoms with Crippen LogP contribution in [0, 0.1) is 13.8 Å². The van der Waals surface area contributed by atoms with Crippen molar-refractivity contribution in [1.29, 1.82) is 0 Å². The van der Waals surface area contributed by atoms with Gasteiger partial charge in [-0.15, -0.1) is 10.2 Å². The molecule has 2 rings (SSSR count). The van der Waals surface area contributed by atoms with E-state index in [0.29, 0.717) is 6.42 Å². The Morgan fingerprint density at radius 3 is 2.75 bits per heavy atom. The van der Waals surface area contributed by atoms with Crippen LogP contribution in [-0.4, -0.2) is 31.7 Å². The molecular weight excluding hydrogens is 252 g/mol. The Kier molecular flexibility index (Phi) is 4.79. The summed E-state index contributed by atoms with van der Waals surface area (Å²) in [6.07, 6.45) is 3.69. The van der Waals surface area contributed by atoms with E-state index in [1.165, 1.54) is 15.9 Å². The Labute approximate surface area is 119 Å². The van der Waals surface area contributed by atoms with Crippen molar-refractivity contribution in [2.45, 2.75) is 39.7 Å². The van der Waals surface area contributed by atoms with Crippen LogP contribution in [0.25, 0.3) is 0 Å². The average Bonchev–Trinajstić information content (AvgIpc) is 2.80. The van der Waals surface area contributed by atoms with E-state index in [-0.39, 0.29) is 6.04 Å². The summed E-state index contributed by atoms with van der Waals surface area (Å²) in [5, 5.41) is 15.7. The minimum atomic E-state index is 0.125. The van der Waals surface area contributed by atoms with Gasteiger partial charge in [-0.05, 0) is 43.2 Å². The first-order valence-corrected chi connectivity index (χ1v) is 6.99. The molecule has 2 heterocycles. The summed E-state index contributed by atoms with van der Waals surface area (Å²) < 4.78 is 0. The molecule has 6 nitrogen and oxygen atoms in total. The molecule has 0 saturated carbocycles. The molecule has 0 aliphatic carbocycles. The lowest BCUT2D eigenvalue weighted by Crippen LogP contribution is -2.26. The highest BCUT2D eigenvalue weighted by Crippen LogP contribution is 2.19. The largest absolute Gasteiger partial charge is 0.308 e. The van der Waals surface area contributed by atoms with Crippen molar-refractivity contribution in [2.24, 2.45) is 7.05 Å². The standard InChI is InChI=1S/C14H22N6/c1-5-6-15-12(8-13-17-19-20(4)18-13)14-11(3)7-10(2)9-16-14/h7,9,12,15H,5-6,8H2,1-4H3. The molecule has 0 fully saturated rings. The molecule has 2 aromatic heterocycles. The van der Waals surface area contributed by atoms with Crippen molar-refractivity contribution in [2.75, 3.05) is 6.54 Å². The SMILES string of the molecule is CCCNC(Cc1nnn(C)n1)c1ncc(C)cc1C. The highest BCUT2D eigenvalue weighted by atomic mass is 15.6. The Morgan fingerprint density at radius 1 is 1.35 bits per heavy atom. The van der Waals surface area contributed by atoms with Crippen LogP contribution < -0.4 is 5.32 Å². The summed E-state index contributed by atoms with van der Waals surface area (Å²) in [5.74, 6) is 0.739. The van der Waals surface area contributed by atoms with E-state index in [1.54, 1.807) is 7.05 Å². The molecular formula is C14H22N6. The van der Waals surface area contributed by atoms with Crippen LogP contribution >= 0.6 is 0 Å². The Balaban J connectivity index is 2.22. The highest BCUT2D eigenvalue weighted by molar-refractivity contribution is 5.26. The monoisotopic (exact) mass is 274 g/mol. The molecule has 0 saturated heterocycles. The first-order valence-electron chi connectivity index (χ1n) is 6.99. The summed E-state index contributed by atoms with van der Waals surface area (Å²) >= 11 is 0. The van der Waals surface area contributed by atoms with Gasteiger partial charge in [0, 0.05) is 12.6 Å². The van der Waals surface area contributed by atoms with E-state index in [4.69, 9.17) is 0 Å². The van der Waals surface area contributed by atoms with Gasteiger partial charge in [-0.3, -0.25) is 4.98 Å². The molecule has 0 aliphatic heterocycles. The molecule has 0 aliphatic rings. The van der Waals surface area contributed by atoms with E-state index >= 15 is 0 Å². The van der Waals surface area contributed by atoms with Crippen molar-refractivity contribution in [3.05, 3.63) is 34.9 Å². The Morgan fingerprint density at radius 2 is 2.15 bits per heavy atom. The minimum Gasteiger partial charge on any atom is -0.308 e. The quantitative estimate of drug-likeness (QED) is 0.864. The number of tetrazole rings is 1. The number of hydrogen-bond donors (Lipinski definition) is 1. The van der Waals surface area contributed by atoms with Gasteiger partial charge in [0.05, 0.1) is 18.8 Å². The van der Waals surface area contributed by atoms with Crippen LogP contribution in [0.3, 0.4) is 0 Å². The molecule has 1 N–H and O–H groups in total. The molecule has 0 bridgehead atoms. The fourth-order valence-electron chi connectivity index (χ4n) is 2.26. The van der Waals surface area contributed by atoms with Gasteiger partial charge >= 0.3 is 0 Å². The fraction of sp³-hybridized carbons (Fsp3) is 0.571. The zero-order valence-electron chi connectivity index (χ0n) is 12.6. The molecule has 1 unspecified atom stereocenters. The molecule has 1 atom stereocenters. The second-order valence-electron chi connectivity index (χ2n) is 5.12. The third-order valence-corrected chi connectivity index (χ3v) is 3.16. The Hall–Kier alpha value is -1.82. The number of aromatic nitrogens is 5. The molecule has 2 aromatic rings. The highest BCUT2D eigenvalue weighted by Gasteiger charge is 2.18. The van der Waals surface area contributed by atoms with Gasteiger partial charge in [-0.25, -0.2) is 0 Å². The van der Waals surface area contributed by atoms with E-state index in [9.17, 15) is 0 Å². The van der Waals surface area contributed by atoms with Gasteiger partial charge in [0.2, 0.25) is 0 Å². The summed E-state index contributed by atoms with van der Waals surface area (Å²) in [6, 6.07) is 2.28. The molecule has 0 spiro atoms. The lowest BCUT2D eigenvalue weighted by molar-refractivity contribution is 0.503. The zero-order chi connectivity index (χ0) is 14.5. The number of nitrogens with zero attached hydrogens (tertiary/aromatic N) is 5. The second-order valence-corrected chi connectivity index (χ2v) is 5.12. The number of nitrogens with one attached hydrogen (secondary N) is 1. The Bertz CT molecular complexity index is 563. The lowest BCUT2D eigenvalue weighted by atomic mass is 10.0. The van der Waals surface area contributed by atoms with Gasteiger partial charge in [0.15, 0.2) is 5.82 Å². The van der Waals surface area contributed by atoms with E-state index in [0.717, 1.165) is 24.5 Å². The summed E-state index contributed by atoms with van der Waals surface area (Å²) in [5.41, 5.74) is 3.44. The first-order chi connectivity index (χ1) is 9.60. The van der Waals surface area contributed by atoms with Gasteiger partial charge in [-0.2, -0.15) is 4.80 Å². The zero-order valence-corrected chi connectivity index (χ0v) is 12.6. The van der Waals surface area contributed by atoms with Crippen LogP contribution in [-0.2, 0) is 13.5 Å². The van der Waals surface area contributed by atoms with Crippen LogP contribution in [0.1, 0.15) is 42.0 Å².